The smallest absolute Gasteiger partial charge is 0.239 e. The zero-order valence-electron chi connectivity index (χ0n) is 15.5. The van der Waals surface area contributed by atoms with Gasteiger partial charge in [-0.25, -0.2) is 0 Å². The predicted molar refractivity (Wildman–Crippen MR) is 106 cm³/mol. The molecule has 3 aromatic rings. The Morgan fingerprint density at radius 1 is 1.29 bits per heavy atom. The number of anilines is 1. The van der Waals surface area contributed by atoms with E-state index in [1.54, 1.807) is 0 Å². The normalized spacial score (nSPS) is 13.5. The number of hydrogen-bond acceptors (Lipinski definition) is 9. The molecule has 0 saturated heterocycles. The summed E-state index contributed by atoms with van der Waals surface area (Å²) in [5.41, 5.74) is 0.881. The summed E-state index contributed by atoms with van der Waals surface area (Å²) >= 11 is 2.69. The van der Waals surface area contributed by atoms with E-state index in [4.69, 9.17) is 9.47 Å². The Balaban J connectivity index is 1.51. The molecule has 11 heteroatoms. The molecule has 0 saturated carbocycles. The number of fused-ring (bicyclic) bond motifs is 1. The van der Waals surface area contributed by atoms with Crippen LogP contribution in [0.25, 0.3) is 11.4 Å². The summed E-state index contributed by atoms with van der Waals surface area (Å²) in [5.74, 6) is 1.97. The van der Waals surface area contributed by atoms with Crippen LogP contribution in [0.4, 0.5) is 5.13 Å². The van der Waals surface area contributed by atoms with Crippen LogP contribution in [0, 0.1) is 6.92 Å². The highest BCUT2D eigenvalue weighted by molar-refractivity contribution is 8.00. The van der Waals surface area contributed by atoms with E-state index in [1.165, 1.54) is 23.1 Å². The van der Waals surface area contributed by atoms with E-state index in [0.717, 1.165) is 22.1 Å². The Morgan fingerprint density at radius 2 is 2.11 bits per heavy atom. The molecule has 28 heavy (non-hydrogen) atoms. The first-order valence-electron chi connectivity index (χ1n) is 8.66. The zero-order chi connectivity index (χ0) is 19.7. The molecule has 1 aromatic carbocycles. The topological polar surface area (TPSA) is 104 Å². The number of ether oxygens (including phenoxy) is 2. The Hall–Kier alpha value is -2.66. The molecular formula is C17H18N6O3S2. The van der Waals surface area contributed by atoms with Crippen LogP contribution in [0.2, 0.25) is 0 Å². The van der Waals surface area contributed by atoms with E-state index in [-0.39, 0.29) is 18.0 Å². The average molecular weight is 419 g/mol. The van der Waals surface area contributed by atoms with Gasteiger partial charge in [-0.15, -0.1) is 20.4 Å². The van der Waals surface area contributed by atoms with Crippen molar-refractivity contribution in [2.75, 3.05) is 12.1 Å². The quantitative estimate of drug-likeness (QED) is 0.609. The van der Waals surface area contributed by atoms with Crippen LogP contribution in [0.3, 0.4) is 0 Å². The van der Waals surface area contributed by atoms with Crippen molar-refractivity contribution < 1.29 is 14.3 Å². The number of nitrogens with one attached hydrogen (secondary N) is 1. The van der Waals surface area contributed by atoms with Crippen LogP contribution in [0.15, 0.2) is 23.4 Å². The minimum Gasteiger partial charge on any atom is -0.454 e. The number of benzene rings is 1. The number of nitrogens with zero attached hydrogens (tertiary/aromatic N) is 5. The third-order valence-corrected chi connectivity index (χ3v) is 5.91. The number of amides is 1. The second-order valence-electron chi connectivity index (χ2n) is 5.99. The standard InChI is InChI=1S/C17H18N6O3S2/c1-4-23-14(11-5-6-12-13(7-11)26-8-25-12)20-22-17(23)27-9(2)15(24)18-16-21-19-10(3)28-16/h5-7,9H,4,8H2,1-3H3,(H,18,21,24). The maximum Gasteiger partial charge on any atom is 0.239 e. The highest BCUT2D eigenvalue weighted by Crippen LogP contribution is 2.36. The Kier molecular flexibility index (Phi) is 5.18. The van der Waals surface area contributed by atoms with Crippen LogP contribution in [-0.2, 0) is 11.3 Å². The second-order valence-corrected chi connectivity index (χ2v) is 8.48. The van der Waals surface area contributed by atoms with Gasteiger partial charge in [-0.3, -0.25) is 10.1 Å². The minimum absolute atomic E-state index is 0.156. The second kappa shape index (κ2) is 7.76. The van der Waals surface area contributed by atoms with Gasteiger partial charge < -0.3 is 14.0 Å². The van der Waals surface area contributed by atoms with Gasteiger partial charge in [0, 0.05) is 12.1 Å². The molecule has 1 atom stereocenters. The van der Waals surface area contributed by atoms with E-state index < -0.39 is 0 Å². The Morgan fingerprint density at radius 3 is 2.86 bits per heavy atom. The third-order valence-electron chi connectivity index (χ3n) is 4.07. The van der Waals surface area contributed by atoms with Crippen molar-refractivity contribution in [3.63, 3.8) is 0 Å². The maximum atomic E-state index is 12.4. The number of carbonyl (C=O) groups excluding carboxylic acids is 1. The molecule has 1 amide bonds. The first-order valence-corrected chi connectivity index (χ1v) is 10.4. The number of rotatable bonds is 6. The lowest BCUT2D eigenvalue weighted by Gasteiger charge is -2.11. The van der Waals surface area contributed by atoms with Gasteiger partial charge in [0.2, 0.25) is 17.8 Å². The van der Waals surface area contributed by atoms with Gasteiger partial charge in [0.1, 0.15) is 5.01 Å². The molecule has 1 aliphatic heterocycles. The number of hydrogen-bond donors (Lipinski definition) is 1. The molecule has 1 unspecified atom stereocenters. The SMILES string of the molecule is CCn1c(SC(C)C(=O)Nc2nnc(C)s2)nnc1-c1ccc2c(c1)OCO2. The van der Waals surface area contributed by atoms with E-state index in [2.05, 4.69) is 25.7 Å². The first-order chi connectivity index (χ1) is 13.5. The van der Waals surface area contributed by atoms with Crippen molar-refractivity contribution in [2.45, 2.75) is 37.7 Å². The van der Waals surface area contributed by atoms with Gasteiger partial charge >= 0.3 is 0 Å². The molecule has 3 heterocycles. The van der Waals surface area contributed by atoms with Crippen molar-refractivity contribution in [3.8, 4) is 22.9 Å². The molecule has 0 spiro atoms. The van der Waals surface area contributed by atoms with E-state index in [1.807, 2.05) is 43.5 Å². The summed E-state index contributed by atoms with van der Waals surface area (Å²) < 4.78 is 12.8. The number of thioether (sulfide) groups is 1. The first kappa shape index (κ1) is 18.7. The van der Waals surface area contributed by atoms with Crippen LogP contribution in [0.1, 0.15) is 18.9 Å². The molecule has 1 N–H and O–H groups in total. The summed E-state index contributed by atoms with van der Waals surface area (Å²) in [6.45, 7) is 6.57. The lowest BCUT2D eigenvalue weighted by atomic mass is 10.2. The molecule has 4 rings (SSSR count). The molecule has 0 aliphatic carbocycles. The zero-order valence-corrected chi connectivity index (χ0v) is 17.1. The molecule has 0 fully saturated rings. The highest BCUT2D eigenvalue weighted by atomic mass is 32.2. The Bertz CT molecular complexity index is 1020. The molecule has 0 bridgehead atoms. The van der Waals surface area contributed by atoms with Crippen LogP contribution in [0.5, 0.6) is 11.5 Å². The molecule has 2 aromatic heterocycles. The fourth-order valence-electron chi connectivity index (χ4n) is 2.68. The fourth-order valence-corrected chi connectivity index (χ4v) is 4.18. The van der Waals surface area contributed by atoms with Gasteiger partial charge in [-0.1, -0.05) is 23.1 Å². The van der Waals surface area contributed by atoms with E-state index in [9.17, 15) is 4.79 Å². The number of aromatic nitrogens is 5. The monoisotopic (exact) mass is 418 g/mol. The van der Waals surface area contributed by atoms with Gasteiger partial charge in [0.15, 0.2) is 22.5 Å². The highest BCUT2D eigenvalue weighted by Gasteiger charge is 2.22. The third kappa shape index (κ3) is 3.67. The maximum absolute atomic E-state index is 12.4. The Labute approximate surface area is 169 Å². The van der Waals surface area contributed by atoms with E-state index >= 15 is 0 Å². The lowest BCUT2D eigenvalue weighted by molar-refractivity contribution is -0.115. The predicted octanol–water partition coefficient (Wildman–Crippen LogP) is 2.97. The van der Waals surface area contributed by atoms with E-state index in [0.29, 0.717) is 22.6 Å². The lowest BCUT2D eigenvalue weighted by Crippen LogP contribution is -2.22. The van der Waals surface area contributed by atoms with Crippen molar-refractivity contribution >= 4 is 34.1 Å². The van der Waals surface area contributed by atoms with Gasteiger partial charge in [0.25, 0.3) is 0 Å². The van der Waals surface area contributed by atoms with Crippen molar-refractivity contribution in [1.29, 1.82) is 0 Å². The molecule has 146 valence electrons. The fraction of sp³-hybridized carbons (Fsp3) is 0.353. The summed E-state index contributed by atoms with van der Waals surface area (Å²) in [5, 5.41) is 20.8. The average Bonchev–Trinajstić information content (AvgIpc) is 3.40. The molecule has 0 radical (unpaired) electrons. The number of carbonyl (C=O) groups is 1. The van der Waals surface area contributed by atoms with Gasteiger partial charge in [-0.05, 0) is 39.0 Å². The molecular weight excluding hydrogens is 400 g/mol. The molecule has 1 aliphatic rings. The van der Waals surface area contributed by atoms with Gasteiger partial charge in [-0.2, -0.15) is 0 Å². The summed E-state index contributed by atoms with van der Waals surface area (Å²) in [6.07, 6.45) is 0. The van der Waals surface area contributed by atoms with Crippen LogP contribution < -0.4 is 14.8 Å². The van der Waals surface area contributed by atoms with Gasteiger partial charge in [0.05, 0.1) is 5.25 Å². The minimum atomic E-state index is -0.372. The van der Waals surface area contributed by atoms with Crippen LogP contribution >= 0.6 is 23.1 Å². The largest absolute Gasteiger partial charge is 0.454 e. The van der Waals surface area contributed by atoms with Crippen molar-refractivity contribution in [3.05, 3.63) is 23.2 Å². The molecule has 9 nitrogen and oxygen atoms in total. The summed E-state index contributed by atoms with van der Waals surface area (Å²) in [4.78, 5) is 12.4. The summed E-state index contributed by atoms with van der Waals surface area (Å²) in [6, 6.07) is 5.67. The van der Waals surface area contributed by atoms with Crippen LogP contribution in [-0.4, -0.2) is 42.9 Å². The number of aryl methyl sites for hydroxylation is 1. The summed E-state index contributed by atoms with van der Waals surface area (Å²) in [7, 11) is 0. The van der Waals surface area contributed by atoms with Crippen molar-refractivity contribution in [2.24, 2.45) is 0 Å². The van der Waals surface area contributed by atoms with Crippen molar-refractivity contribution in [1.82, 2.24) is 25.0 Å².